The molecule has 29 heavy (non-hydrogen) atoms. The Morgan fingerprint density at radius 3 is 2.48 bits per heavy atom. The van der Waals surface area contributed by atoms with Crippen LogP contribution in [0.1, 0.15) is 15.2 Å². The van der Waals surface area contributed by atoms with Gasteiger partial charge in [0, 0.05) is 49.3 Å². The van der Waals surface area contributed by atoms with Crippen molar-refractivity contribution in [3.63, 3.8) is 0 Å². The maximum atomic E-state index is 12.7. The number of halogens is 1. The lowest BCUT2D eigenvalue weighted by Crippen LogP contribution is -2.21. The van der Waals surface area contributed by atoms with Gasteiger partial charge in [0.1, 0.15) is 10.5 Å². The zero-order valence-corrected chi connectivity index (χ0v) is 18.0. The van der Waals surface area contributed by atoms with Gasteiger partial charge in [-0.2, -0.15) is 5.10 Å². The van der Waals surface area contributed by atoms with Crippen LogP contribution in [0.4, 0.5) is 5.69 Å². The van der Waals surface area contributed by atoms with E-state index in [0.29, 0.717) is 16.4 Å². The van der Waals surface area contributed by atoms with Crippen molar-refractivity contribution < 1.29 is 4.79 Å². The quantitative estimate of drug-likeness (QED) is 0.493. The molecule has 0 aliphatic carbocycles. The Balaban J connectivity index is 1.54. The van der Waals surface area contributed by atoms with Gasteiger partial charge in [0.2, 0.25) is 0 Å². The molecule has 4 aromatic rings. The van der Waals surface area contributed by atoms with Crippen molar-refractivity contribution in [1.29, 1.82) is 0 Å². The number of aromatic nitrogens is 2. The van der Waals surface area contributed by atoms with E-state index in [9.17, 15) is 4.79 Å². The summed E-state index contributed by atoms with van der Waals surface area (Å²) in [6, 6.07) is 17.7. The van der Waals surface area contributed by atoms with Gasteiger partial charge in [0.25, 0.3) is 5.91 Å². The third-order valence-corrected chi connectivity index (χ3v) is 6.21. The Kier molecular flexibility index (Phi) is 5.30. The Morgan fingerprint density at radius 2 is 1.83 bits per heavy atom. The molecule has 1 amide bonds. The molecule has 0 aliphatic rings. The normalized spacial score (nSPS) is 11.0. The predicted octanol–water partition coefficient (Wildman–Crippen LogP) is 4.95. The highest BCUT2D eigenvalue weighted by molar-refractivity contribution is 7.20. The third kappa shape index (κ3) is 3.99. The number of nitrogens with one attached hydrogen (secondary N) is 1. The summed E-state index contributed by atoms with van der Waals surface area (Å²) < 4.78 is 1.82. The van der Waals surface area contributed by atoms with E-state index in [1.807, 2.05) is 85.3 Å². The van der Waals surface area contributed by atoms with Crippen molar-refractivity contribution in [2.75, 3.05) is 19.0 Å². The van der Waals surface area contributed by atoms with Crippen molar-refractivity contribution in [3.8, 4) is 11.3 Å². The molecule has 0 bridgehead atoms. The number of rotatable bonds is 5. The van der Waals surface area contributed by atoms with Crippen LogP contribution in [-0.4, -0.2) is 29.8 Å². The van der Waals surface area contributed by atoms with Gasteiger partial charge in [-0.1, -0.05) is 35.9 Å². The zero-order chi connectivity index (χ0) is 20.5. The number of hydrogen-bond donors (Lipinski definition) is 1. The first-order valence-corrected chi connectivity index (χ1v) is 10.4. The topological polar surface area (TPSA) is 50.2 Å². The van der Waals surface area contributed by atoms with Crippen LogP contribution in [0.3, 0.4) is 0 Å². The van der Waals surface area contributed by atoms with E-state index in [0.717, 1.165) is 32.7 Å². The largest absolute Gasteiger partial charge is 0.378 e. The van der Waals surface area contributed by atoms with Crippen LogP contribution in [0.5, 0.6) is 0 Å². The van der Waals surface area contributed by atoms with Gasteiger partial charge in [-0.3, -0.25) is 9.48 Å². The van der Waals surface area contributed by atoms with E-state index >= 15 is 0 Å². The van der Waals surface area contributed by atoms with Crippen LogP contribution in [0.25, 0.3) is 21.5 Å². The molecule has 148 valence electrons. The lowest BCUT2D eigenvalue weighted by molar-refractivity contribution is 0.0955. The van der Waals surface area contributed by atoms with Crippen molar-refractivity contribution in [1.82, 2.24) is 15.1 Å². The van der Waals surface area contributed by atoms with Crippen molar-refractivity contribution in [2.45, 2.75) is 6.54 Å². The summed E-state index contributed by atoms with van der Waals surface area (Å²) in [5, 5.41) is 9.28. The van der Waals surface area contributed by atoms with Gasteiger partial charge < -0.3 is 10.2 Å². The smallest absolute Gasteiger partial charge is 0.261 e. The summed E-state index contributed by atoms with van der Waals surface area (Å²) in [6.45, 7) is 0.489. The molecule has 0 aliphatic heterocycles. The number of carbonyl (C=O) groups excluding carboxylic acids is 1. The molecule has 2 aromatic carbocycles. The summed E-state index contributed by atoms with van der Waals surface area (Å²) in [5.74, 6) is -0.0788. The molecule has 0 saturated carbocycles. The van der Waals surface area contributed by atoms with Gasteiger partial charge in [-0.25, -0.2) is 0 Å². The molecule has 0 fully saturated rings. The molecule has 2 heterocycles. The minimum atomic E-state index is -0.0788. The van der Waals surface area contributed by atoms with E-state index in [1.54, 1.807) is 0 Å². The second kappa shape index (κ2) is 7.89. The molecule has 0 atom stereocenters. The van der Waals surface area contributed by atoms with Crippen LogP contribution in [0, 0.1) is 0 Å². The second-order valence-corrected chi connectivity index (χ2v) is 8.52. The Labute approximate surface area is 178 Å². The molecule has 5 nitrogen and oxygen atoms in total. The summed E-state index contributed by atoms with van der Waals surface area (Å²) in [6.07, 6.45) is 0. The van der Waals surface area contributed by atoms with E-state index in [-0.39, 0.29) is 5.91 Å². The fraction of sp³-hybridized carbons (Fsp3) is 0.182. The molecule has 0 unspecified atom stereocenters. The molecular formula is C22H21ClN4OS. The molecular weight excluding hydrogens is 404 g/mol. The maximum absolute atomic E-state index is 12.7. The Morgan fingerprint density at radius 1 is 1.14 bits per heavy atom. The number of aryl methyl sites for hydroxylation is 1. The van der Waals surface area contributed by atoms with Crippen LogP contribution < -0.4 is 10.2 Å². The summed E-state index contributed by atoms with van der Waals surface area (Å²) in [5.41, 5.74) is 4.03. The SMILES string of the molecule is CN(C)c1ccc(CNC(=O)c2cc3c(-c4ccc(Cl)cc4)nn(C)c3s2)cc1. The number of anilines is 1. The summed E-state index contributed by atoms with van der Waals surface area (Å²) >= 11 is 7.45. The fourth-order valence-electron chi connectivity index (χ4n) is 3.16. The van der Waals surface area contributed by atoms with Gasteiger partial charge in [-0.05, 0) is 35.9 Å². The van der Waals surface area contributed by atoms with E-state index < -0.39 is 0 Å². The van der Waals surface area contributed by atoms with Gasteiger partial charge in [-0.15, -0.1) is 11.3 Å². The molecule has 7 heteroatoms. The third-order valence-electron chi connectivity index (χ3n) is 4.76. The van der Waals surface area contributed by atoms with Gasteiger partial charge in [0.05, 0.1) is 4.88 Å². The molecule has 2 aromatic heterocycles. The Hall–Kier alpha value is -2.83. The van der Waals surface area contributed by atoms with Gasteiger partial charge in [0.15, 0.2) is 0 Å². The maximum Gasteiger partial charge on any atom is 0.261 e. The molecule has 0 radical (unpaired) electrons. The number of thiophene rings is 1. The van der Waals surface area contributed by atoms with Crippen molar-refractivity contribution >= 4 is 44.7 Å². The summed E-state index contributed by atoms with van der Waals surface area (Å²) in [7, 11) is 5.91. The zero-order valence-electron chi connectivity index (χ0n) is 16.4. The number of benzene rings is 2. The molecule has 0 spiro atoms. The highest BCUT2D eigenvalue weighted by Crippen LogP contribution is 2.34. The van der Waals surface area contributed by atoms with Crippen molar-refractivity contribution in [2.24, 2.45) is 7.05 Å². The van der Waals surface area contributed by atoms with Crippen LogP contribution >= 0.6 is 22.9 Å². The van der Waals surface area contributed by atoms with Crippen LogP contribution in [-0.2, 0) is 13.6 Å². The highest BCUT2D eigenvalue weighted by Gasteiger charge is 2.17. The standard InChI is InChI=1S/C22H21ClN4OS/c1-26(2)17-10-4-14(5-11-17)13-24-21(28)19-12-18-20(25-27(3)22(18)29-19)15-6-8-16(23)9-7-15/h4-12H,13H2,1-3H3,(H,24,28). The number of fused-ring (bicyclic) bond motifs is 1. The first-order valence-electron chi connectivity index (χ1n) is 9.19. The number of amides is 1. The average molecular weight is 425 g/mol. The molecule has 4 rings (SSSR count). The first kappa shape index (κ1) is 19.5. The minimum absolute atomic E-state index is 0.0788. The van der Waals surface area contributed by atoms with E-state index in [4.69, 9.17) is 11.6 Å². The Bertz CT molecular complexity index is 1160. The van der Waals surface area contributed by atoms with Gasteiger partial charge >= 0.3 is 0 Å². The van der Waals surface area contributed by atoms with Crippen LogP contribution in [0.15, 0.2) is 54.6 Å². The number of nitrogens with zero attached hydrogens (tertiary/aromatic N) is 3. The van der Waals surface area contributed by atoms with E-state index in [2.05, 4.69) is 10.4 Å². The average Bonchev–Trinajstić information content (AvgIpc) is 3.28. The second-order valence-electron chi connectivity index (χ2n) is 7.05. The summed E-state index contributed by atoms with van der Waals surface area (Å²) in [4.78, 5) is 16.4. The fourth-order valence-corrected chi connectivity index (χ4v) is 4.27. The number of hydrogen-bond acceptors (Lipinski definition) is 4. The molecule has 1 N–H and O–H groups in total. The van der Waals surface area contributed by atoms with E-state index in [1.165, 1.54) is 11.3 Å². The minimum Gasteiger partial charge on any atom is -0.378 e. The highest BCUT2D eigenvalue weighted by atomic mass is 35.5. The molecule has 0 saturated heterocycles. The van der Waals surface area contributed by atoms with Crippen molar-refractivity contribution in [3.05, 3.63) is 70.1 Å². The lowest BCUT2D eigenvalue weighted by atomic mass is 10.1. The lowest BCUT2D eigenvalue weighted by Gasteiger charge is -2.12. The monoisotopic (exact) mass is 424 g/mol. The predicted molar refractivity (Wildman–Crippen MR) is 121 cm³/mol. The van der Waals surface area contributed by atoms with Crippen LogP contribution in [0.2, 0.25) is 5.02 Å². The number of carbonyl (C=O) groups is 1. The first-order chi connectivity index (χ1) is 13.9.